The van der Waals surface area contributed by atoms with Gasteiger partial charge >= 0.3 is 6.09 Å². The number of hydrogen-bond acceptors (Lipinski definition) is 3. The van der Waals surface area contributed by atoms with Crippen molar-refractivity contribution >= 4 is 6.09 Å². The average Bonchev–Trinajstić information content (AvgIpc) is 2.93. The maximum absolute atomic E-state index is 13.3. The molecule has 1 fully saturated rings. The minimum Gasteiger partial charge on any atom is -0.444 e. The summed E-state index contributed by atoms with van der Waals surface area (Å²) in [5.74, 6) is -2.94. The molecular weight excluding hydrogens is 230 g/mol. The molecule has 4 nitrogen and oxygen atoms in total. The minimum atomic E-state index is -2.94. The number of nitrogens with one attached hydrogen (secondary N) is 2. The summed E-state index contributed by atoms with van der Waals surface area (Å²) in [6.45, 7) is 3.92. The van der Waals surface area contributed by atoms with E-state index in [-0.39, 0.29) is 6.04 Å². The smallest absolute Gasteiger partial charge is 0.407 e. The van der Waals surface area contributed by atoms with Crippen LogP contribution in [0.2, 0.25) is 0 Å². The van der Waals surface area contributed by atoms with Gasteiger partial charge in [-0.2, -0.15) is 0 Å². The van der Waals surface area contributed by atoms with Crippen LogP contribution in [-0.2, 0) is 4.74 Å². The lowest BCUT2D eigenvalue weighted by Gasteiger charge is -2.22. The molecule has 0 heterocycles. The molecule has 17 heavy (non-hydrogen) atoms. The van der Waals surface area contributed by atoms with Gasteiger partial charge in [-0.1, -0.05) is 0 Å². The second-order valence-electron chi connectivity index (χ2n) is 5.37. The van der Waals surface area contributed by atoms with Gasteiger partial charge < -0.3 is 15.4 Å². The summed E-state index contributed by atoms with van der Waals surface area (Å²) in [5, 5.41) is 4.80. The zero-order chi connectivity index (χ0) is 13.1. The third-order valence-corrected chi connectivity index (χ3v) is 2.12. The molecule has 0 radical (unpaired) electrons. The van der Waals surface area contributed by atoms with E-state index < -0.39 is 30.7 Å². The molecule has 6 heteroatoms. The highest BCUT2D eigenvalue weighted by Gasteiger charge is 2.33. The molecular formula is C11H20F2N2O2. The molecule has 1 saturated carbocycles. The van der Waals surface area contributed by atoms with Gasteiger partial charge in [0, 0.05) is 6.04 Å². The van der Waals surface area contributed by atoms with Crippen LogP contribution in [0.4, 0.5) is 13.6 Å². The Morgan fingerprint density at radius 1 is 1.29 bits per heavy atom. The number of alkyl halides is 2. The van der Waals surface area contributed by atoms with E-state index in [1.807, 2.05) is 0 Å². The fourth-order valence-corrected chi connectivity index (χ4v) is 1.16. The lowest BCUT2D eigenvalue weighted by molar-refractivity contribution is -0.00378. The number of alkyl carbamates (subject to hydrolysis) is 1. The summed E-state index contributed by atoms with van der Waals surface area (Å²) >= 11 is 0. The van der Waals surface area contributed by atoms with Crippen molar-refractivity contribution in [3.05, 3.63) is 0 Å². The lowest BCUT2D eigenvalue weighted by atomic mass is 10.2. The van der Waals surface area contributed by atoms with E-state index in [9.17, 15) is 13.6 Å². The van der Waals surface area contributed by atoms with Crippen LogP contribution >= 0.6 is 0 Å². The third kappa shape index (κ3) is 7.10. The molecule has 1 aliphatic rings. The highest BCUT2D eigenvalue weighted by atomic mass is 19.3. The maximum Gasteiger partial charge on any atom is 0.407 e. The van der Waals surface area contributed by atoms with Crippen LogP contribution in [-0.4, -0.2) is 36.7 Å². The van der Waals surface area contributed by atoms with Crippen LogP contribution in [0.25, 0.3) is 0 Å². The van der Waals surface area contributed by atoms with E-state index in [4.69, 9.17) is 4.74 Å². The Balaban J connectivity index is 2.20. The Labute approximate surface area is 100 Å². The second-order valence-corrected chi connectivity index (χ2v) is 5.37. The molecule has 0 aromatic heterocycles. The summed E-state index contributed by atoms with van der Waals surface area (Å²) in [6, 6.07) is 0.224. The Kier molecular flexibility index (Phi) is 4.30. The van der Waals surface area contributed by atoms with E-state index in [0.717, 1.165) is 12.8 Å². The van der Waals surface area contributed by atoms with E-state index in [1.54, 1.807) is 20.8 Å². The van der Waals surface area contributed by atoms with Gasteiger partial charge in [0.25, 0.3) is 5.92 Å². The number of carbonyl (C=O) groups excluding carboxylic acids is 1. The van der Waals surface area contributed by atoms with Crippen molar-refractivity contribution < 1.29 is 18.3 Å². The summed E-state index contributed by atoms with van der Waals surface area (Å²) in [4.78, 5) is 11.2. The quantitative estimate of drug-likeness (QED) is 0.783. The molecule has 1 aliphatic carbocycles. The molecule has 100 valence electrons. The van der Waals surface area contributed by atoms with Crippen LogP contribution in [0.5, 0.6) is 0 Å². The minimum absolute atomic E-state index is 0.224. The molecule has 0 saturated heterocycles. The SMILES string of the molecule is CC(C)(C)OC(=O)NCC(F)(F)CNC1CC1. The zero-order valence-corrected chi connectivity index (χ0v) is 10.5. The van der Waals surface area contributed by atoms with Gasteiger partial charge in [-0.3, -0.25) is 0 Å². The summed E-state index contributed by atoms with van der Waals surface area (Å²) in [5.41, 5.74) is -0.675. The van der Waals surface area contributed by atoms with E-state index in [0.29, 0.717) is 0 Å². The van der Waals surface area contributed by atoms with Crippen molar-refractivity contribution in [1.82, 2.24) is 10.6 Å². The molecule has 0 atom stereocenters. The van der Waals surface area contributed by atoms with Crippen molar-refractivity contribution in [2.24, 2.45) is 0 Å². The van der Waals surface area contributed by atoms with Gasteiger partial charge in [-0.05, 0) is 33.6 Å². The lowest BCUT2D eigenvalue weighted by Crippen LogP contribution is -2.45. The van der Waals surface area contributed by atoms with E-state index in [1.165, 1.54) is 0 Å². The van der Waals surface area contributed by atoms with Gasteiger partial charge in [-0.15, -0.1) is 0 Å². The van der Waals surface area contributed by atoms with Crippen molar-refractivity contribution in [2.75, 3.05) is 13.1 Å². The number of amides is 1. The van der Waals surface area contributed by atoms with Crippen molar-refractivity contribution in [2.45, 2.75) is 51.2 Å². The van der Waals surface area contributed by atoms with Gasteiger partial charge in [-0.25, -0.2) is 13.6 Å². The highest BCUT2D eigenvalue weighted by molar-refractivity contribution is 5.67. The molecule has 0 bridgehead atoms. The fraction of sp³-hybridized carbons (Fsp3) is 0.909. The topological polar surface area (TPSA) is 50.4 Å². The first-order valence-electron chi connectivity index (χ1n) is 5.76. The number of ether oxygens (including phenoxy) is 1. The largest absolute Gasteiger partial charge is 0.444 e. The van der Waals surface area contributed by atoms with Gasteiger partial charge in [0.05, 0.1) is 13.1 Å². The summed E-state index contributed by atoms with van der Waals surface area (Å²) in [6.07, 6.45) is 1.09. The molecule has 0 aliphatic heterocycles. The summed E-state index contributed by atoms with van der Waals surface area (Å²) in [7, 11) is 0. The van der Waals surface area contributed by atoms with Crippen LogP contribution in [0.15, 0.2) is 0 Å². The molecule has 1 amide bonds. The number of hydrogen-bond donors (Lipinski definition) is 2. The van der Waals surface area contributed by atoms with Crippen molar-refractivity contribution in [3.63, 3.8) is 0 Å². The zero-order valence-electron chi connectivity index (χ0n) is 10.5. The van der Waals surface area contributed by atoms with E-state index in [2.05, 4.69) is 10.6 Å². The van der Waals surface area contributed by atoms with E-state index >= 15 is 0 Å². The van der Waals surface area contributed by atoms with Crippen molar-refractivity contribution in [1.29, 1.82) is 0 Å². The Morgan fingerprint density at radius 3 is 2.35 bits per heavy atom. The van der Waals surface area contributed by atoms with Gasteiger partial charge in [0.15, 0.2) is 0 Å². The van der Waals surface area contributed by atoms with Crippen LogP contribution in [0.1, 0.15) is 33.6 Å². The van der Waals surface area contributed by atoms with Gasteiger partial charge in [0.1, 0.15) is 5.60 Å². The molecule has 1 rings (SSSR count). The maximum atomic E-state index is 13.3. The fourth-order valence-electron chi connectivity index (χ4n) is 1.16. The third-order valence-electron chi connectivity index (χ3n) is 2.12. The number of rotatable bonds is 5. The second kappa shape index (κ2) is 5.16. The average molecular weight is 250 g/mol. The normalized spacial score (nSPS) is 16.8. The first-order valence-corrected chi connectivity index (χ1v) is 5.76. The highest BCUT2D eigenvalue weighted by Crippen LogP contribution is 2.20. The van der Waals surface area contributed by atoms with Crippen LogP contribution < -0.4 is 10.6 Å². The van der Waals surface area contributed by atoms with Crippen LogP contribution in [0.3, 0.4) is 0 Å². The standard InChI is InChI=1S/C11H20F2N2O2/c1-10(2,3)17-9(16)15-7-11(12,13)6-14-8-4-5-8/h8,14H,4-7H2,1-3H3,(H,15,16). The molecule has 0 aromatic carbocycles. The molecule has 2 N–H and O–H groups in total. The van der Waals surface area contributed by atoms with Gasteiger partial charge in [0.2, 0.25) is 0 Å². The monoisotopic (exact) mass is 250 g/mol. The first-order chi connectivity index (χ1) is 7.68. The Bertz CT molecular complexity index is 273. The summed E-state index contributed by atoms with van der Waals surface area (Å²) < 4.78 is 31.4. The predicted octanol–water partition coefficient (Wildman–Crippen LogP) is 1.90. The Hall–Kier alpha value is -0.910. The predicted molar refractivity (Wildman–Crippen MR) is 60.2 cm³/mol. The first kappa shape index (κ1) is 14.2. The molecule has 0 unspecified atom stereocenters. The molecule has 0 spiro atoms. The number of carbonyl (C=O) groups is 1. The van der Waals surface area contributed by atoms with Crippen molar-refractivity contribution in [3.8, 4) is 0 Å². The van der Waals surface area contributed by atoms with Crippen LogP contribution in [0, 0.1) is 0 Å². The molecule has 0 aromatic rings. The Morgan fingerprint density at radius 2 is 1.88 bits per heavy atom. The number of halogens is 2.